The van der Waals surface area contributed by atoms with Crippen molar-refractivity contribution >= 4 is 29.3 Å². The molecule has 1 aromatic carbocycles. The fraction of sp³-hybridized carbons (Fsp3) is 0.267. The number of methoxy groups -OCH3 is 1. The van der Waals surface area contributed by atoms with E-state index in [-0.39, 0.29) is 11.0 Å². The normalized spacial score (nSPS) is 12.2. The van der Waals surface area contributed by atoms with Crippen molar-refractivity contribution in [2.24, 2.45) is 0 Å². The number of halogens is 1. The number of hydrogen-bond acceptors (Lipinski definition) is 4. The molecule has 0 saturated heterocycles. The van der Waals surface area contributed by atoms with Crippen molar-refractivity contribution in [2.45, 2.75) is 17.9 Å². The molecule has 0 aliphatic heterocycles. The summed E-state index contributed by atoms with van der Waals surface area (Å²) in [6, 6.07) is 11.2. The van der Waals surface area contributed by atoms with Gasteiger partial charge >= 0.3 is 5.97 Å². The maximum atomic E-state index is 11.3. The lowest BCUT2D eigenvalue weighted by molar-refractivity contribution is 0.0563. The molecule has 0 amide bonds. The second kappa shape index (κ2) is 6.86. The first-order valence-electron chi connectivity index (χ1n) is 6.14. The van der Waals surface area contributed by atoms with Gasteiger partial charge in [0.05, 0.1) is 12.4 Å². The van der Waals surface area contributed by atoms with Crippen molar-refractivity contribution in [2.75, 3.05) is 7.11 Å². The number of carbonyl (C=O) groups excluding carboxylic acids is 1. The number of thioether (sulfide) groups is 1. The Morgan fingerprint density at radius 3 is 2.65 bits per heavy atom. The fourth-order valence-corrected chi connectivity index (χ4v) is 2.72. The summed E-state index contributed by atoms with van der Waals surface area (Å²) in [6.45, 7) is 2.04. The largest absolute Gasteiger partial charge is 0.463 e. The van der Waals surface area contributed by atoms with Crippen molar-refractivity contribution in [3.8, 4) is 0 Å². The molecule has 0 spiro atoms. The van der Waals surface area contributed by atoms with Crippen LogP contribution in [0.15, 0.2) is 40.8 Å². The number of ether oxygens (including phenoxy) is 1. The van der Waals surface area contributed by atoms with E-state index in [0.717, 1.165) is 16.5 Å². The number of rotatable bonds is 5. The first-order chi connectivity index (χ1) is 9.60. The topological polar surface area (TPSA) is 39.4 Å². The Balaban J connectivity index is 1.94. The monoisotopic (exact) mass is 310 g/mol. The second-order valence-corrected chi connectivity index (χ2v) is 6.04. The van der Waals surface area contributed by atoms with E-state index in [4.69, 9.17) is 16.0 Å². The Hall–Kier alpha value is -1.39. The third-order valence-corrected chi connectivity index (χ3v) is 4.31. The van der Waals surface area contributed by atoms with Crippen LogP contribution in [0, 0.1) is 0 Å². The van der Waals surface area contributed by atoms with Crippen LogP contribution in [0.25, 0.3) is 0 Å². The zero-order valence-corrected chi connectivity index (χ0v) is 12.8. The zero-order chi connectivity index (χ0) is 14.5. The summed E-state index contributed by atoms with van der Waals surface area (Å²) >= 11 is 7.58. The molecule has 2 rings (SSSR count). The zero-order valence-electron chi connectivity index (χ0n) is 11.3. The summed E-state index contributed by atoms with van der Waals surface area (Å²) in [7, 11) is 1.34. The molecule has 0 radical (unpaired) electrons. The van der Waals surface area contributed by atoms with E-state index in [1.165, 1.54) is 12.7 Å². The van der Waals surface area contributed by atoms with Gasteiger partial charge in [0.25, 0.3) is 0 Å². The summed E-state index contributed by atoms with van der Waals surface area (Å²) in [5, 5.41) is 0.893. The van der Waals surface area contributed by atoms with E-state index in [1.807, 2.05) is 37.3 Å². The van der Waals surface area contributed by atoms with Gasteiger partial charge in [-0.15, -0.1) is 11.8 Å². The van der Waals surface area contributed by atoms with Crippen LogP contribution in [0.3, 0.4) is 0 Å². The minimum atomic E-state index is -0.453. The molecule has 1 aromatic heterocycles. The van der Waals surface area contributed by atoms with E-state index in [9.17, 15) is 4.79 Å². The lowest BCUT2D eigenvalue weighted by Crippen LogP contribution is -1.98. The van der Waals surface area contributed by atoms with E-state index < -0.39 is 5.97 Å². The SMILES string of the molecule is COC(=O)c1ccc(C(C)SCc2ccc(Cl)cc2)o1. The van der Waals surface area contributed by atoms with Gasteiger partial charge in [-0.2, -0.15) is 0 Å². The molecule has 0 N–H and O–H groups in total. The minimum Gasteiger partial charge on any atom is -0.463 e. The molecule has 2 aromatic rings. The van der Waals surface area contributed by atoms with Gasteiger partial charge in [0.1, 0.15) is 5.76 Å². The summed E-state index contributed by atoms with van der Waals surface area (Å²) in [4.78, 5) is 11.3. The van der Waals surface area contributed by atoms with Crippen LogP contribution in [-0.2, 0) is 10.5 Å². The Bertz CT molecular complexity index is 577. The first kappa shape index (κ1) is 15.0. The van der Waals surface area contributed by atoms with Crippen molar-refractivity contribution in [3.05, 3.63) is 58.5 Å². The maximum absolute atomic E-state index is 11.3. The van der Waals surface area contributed by atoms with E-state index in [1.54, 1.807) is 17.8 Å². The van der Waals surface area contributed by atoms with Crippen LogP contribution in [0.2, 0.25) is 5.02 Å². The molecular formula is C15H15ClO3S. The molecule has 106 valence electrons. The van der Waals surface area contributed by atoms with E-state index >= 15 is 0 Å². The molecule has 1 atom stereocenters. The highest BCUT2D eigenvalue weighted by Gasteiger charge is 2.15. The third-order valence-electron chi connectivity index (χ3n) is 2.83. The number of esters is 1. The molecule has 1 unspecified atom stereocenters. The molecular weight excluding hydrogens is 296 g/mol. The fourth-order valence-electron chi connectivity index (χ4n) is 1.67. The standard InChI is InChI=1S/C15H15ClO3S/c1-10(13-7-8-14(19-13)15(17)18-2)20-9-11-3-5-12(16)6-4-11/h3-8,10H,9H2,1-2H3. The molecule has 1 heterocycles. The average molecular weight is 311 g/mol. The number of hydrogen-bond donors (Lipinski definition) is 0. The van der Waals surface area contributed by atoms with E-state index in [0.29, 0.717) is 0 Å². The highest BCUT2D eigenvalue weighted by molar-refractivity contribution is 7.98. The van der Waals surface area contributed by atoms with Crippen molar-refractivity contribution in [3.63, 3.8) is 0 Å². The number of furan rings is 1. The van der Waals surface area contributed by atoms with Crippen LogP contribution in [0.5, 0.6) is 0 Å². The summed E-state index contributed by atoms with van der Waals surface area (Å²) < 4.78 is 10.1. The molecule has 5 heteroatoms. The summed E-state index contributed by atoms with van der Waals surface area (Å²) in [5.74, 6) is 1.41. The van der Waals surface area contributed by atoms with Gasteiger partial charge in [-0.05, 0) is 36.8 Å². The third kappa shape index (κ3) is 3.81. The van der Waals surface area contributed by atoms with Crippen LogP contribution in [0.4, 0.5) is 0 Å². The summed E-state index contributed by atoms with van der Waals surface area (Å²) in [6.07, 6.45) is 0. The van der Waals surface area contributed by atoms with Crippen LogP contribution >= 0.6 is 23.4 Å². The van der Waals surface area contributed by atoms with Crippen LogP contribution in [0.1, 0.15) is 34.1 Å². The van der Waals surface area contributed by atoms with Gasteiger partial charge in [0, 0.05) is 10.8 Å². The Morgan fingerprint density at radius 1 is 1.30 bits per heavy atom. The predicted octanol–water partition coefficient (Wildman–Crippen LogP) is 4.71. The number of benzene rings is 1. The van der Waals surface area contributed by atoms with Gasteiger partial charge in [-0.3, -0.25) is 0 Å². The number of carbonyl (C=O) groups is 1. The highest BCUT2D eigenvalue weighted by Crippen LogP contribution is 2.32. The Morgan fingerprint density at radius 2 is 2.00 bits per heavy atom. The second-order valence-electron chi connectivity index (χ2n) is 4.27. The predicted molar refractivity (Wildman–Crippen MR) is 81.2 cm³/mol. The molecule has 3 nitrogen and oxygen atoms in total. The van der Waals surface area contributed by atoms with Gasteiger partial charge in [0.15, 0.2) is 0 Å². The van der Waals surface area contributed by atoms with Crippen molar-refractivity contribution in [1.82, 2.24) is 0 Å². The lowest BCUT2D eigenvalue weighted by atomic mass is 10.2. The average Bonchev–Trinajstić information content (AvgIpc) is 2.95. The summed E-state index contributed by atoms with van der Waals surface area (Å²) in [5.41, 5.74) is 1.20. The van der Waals surface area contributed by atoms with Crippen molar-refractivity contribution in [1.29, 1.82) is 0 Å². The quantitative estimate of drug-likeness (QED) is 0.749. The molecule has 0 aliphatic rings. The first-order valence-corrected chi connectivity index (χ1v) is 7.57. The van der Waals surface area contributed by atoms with Crippen LogP contribution < -0.4 is 0 Å². The smallest absolute Gasteiger partial charge is 0.373 e. The lowest BCUT2D eigenvalue weighted by Gasteiger charge is -2.08. The van der Waals surface area contributed by atoms with Crippen LogP contribution in [-0.4, -0.2) is 13.1 Å². The van der Waals surface area contributed by atoms with Crippen molar-refractivity contribution < 1.29 is 13.9 Å². The highest BCUT2D eigenvalue weighted by atomic mass is 35.5. The maximum Gasteiger partial charge on any atom is 0.373 e. The molecule has 0 fully saturated rings. The van der Waals surface area contributed by atoms with Gasteiger partial charge < -0.3 is 9.15 Å². The van der Waals surface area contributed by atoms with E-state index in [2.05, 4.69) is 4.74 Å². The van der Waals surface area contributed by atoms with Gasteiger partial charge in [0.2, 0.25) is 5.76 Å². The molecule has 0 saturated carbocycles. The van der Waals surface area contributed by atoms with Gasteiger partial charge in [-0.25, -0.2) is 4.79 Å². The molecule has 0 bridgehead atoms. The molecule has 20 heavy (non-hydrogen) atoms. The minimum absolute atomic E-state index is 0.157. The Kier molecular flexibility index (Phi) is 5.15. The van der Waals surface area contributed by atoms with Gasteiger partial charge in [-0.1, -0.05) is 23.7 Å². The Labute approximate surface area is 127 Å². The molecule has 0 aliphatic carbocycles.